The molecule has 116 valence electrons. The van der Waals surface area contributed by atoms with Crippen molar-refractivity contribution in [2.75, 3.05) is 0 Å². The summed E-state index contributed by atoms with van der Waals surface area (Å²) in [7, 11) is 0. The van der Waals surface area contributed by atoms with E-state index in [9.17, 15) is 0 Å². The van der Waals surface area contributed by atoms with Gasteiger partial charge in [0.1, 0.15) is 0 Å². The summed E-state index contributed by atoms with van der Waals surface area (Å²) < 4.78 is 0. The molecule has 0 saturated heterocycles. The van der Waals surface area contributed by atoms with Gasteiger partial charge in [0.2, 0.25) is 0 Å². The first-order valence-corrected chi connectivity index (χ1v) is 8.12. The minimum absolute atomic E-state index is 0.172. The predicted octanol–water partition coefficient (Wildman–Crippen LogP) is 5.56. The maximum atomic E-state index is 4.60. The number of benzene rings is 2. The number of pyridine rings is 1. The Hall–Kier alpha value is -2.41. The quantitative estimate of drug-likeness (QED) is 0.617. The Morgan fingerprint density at radius 2 is 1.30 bits per heavy atom. The first kappa shape index (κ1) is 15.5. The Bertz CT molecular complexity index is 698. The summed E-state index contributed by atoms with van der Waals surface area (Å²) in [4.78, 5) is 4.60. The minimum Gasteiger partial charge on any atom is -0.260 e. The van der Waals surface area contributed by atoms with Gasteiger partial charge in [0.05, 0.1) is 11.6 Å². The van der Waals surface area contributed by atoms with Gasteiger partial charge in [0.15, 0.2) is 0 Å². The summed E-state index contributed by atoms with van der Waals surface area (Å²) in [6.07, 6.45) is 1.87. The van der Waals surface area contributed by atoms with Crippen LogP contribution < -0.4 is 0 Å². The summed E-state index contributed by atoms with van der Waals surface area (Å²) >= 11 is 0. The predicted molar refractivity (Wildman–Crippen MR) is 96.8 cm³/mol. The number of rotatable bonds is 3. The highest BCUT2D eigenvalue weighted by Gasteiger charge is 2.19. The molecule has 3 rings (SSSR count). The average molecular weight is 301 g/mol. The molecule has 0 aliphatic carbocycles. The van der Waals surface area contributed by atoms with Crippen molar-refractivity contribution in [3.8, 4) is 0 Å². The summed E-state index contributed by atoms with van der Waals surface area (Å²) in [6, 6.07) is 25.7. The topological polar surface area (TPSA) is 12.9 Å². The number of hydrogen-bond donors (Lipinski definition) is 0. The van der Waals surface area contributed by atoms with E-state index in [4.69, 9.17) is 0 Å². The average Bonchev–Trinajstić information content (AvgIpc) is 2.57. The lowest BCUT2D eigenvalue weighted by Gasteiger charge is -2.22. The van der Waals surface area contributed by atoms with E-state index in [-0.39, 0.29) is 11.3 Å². The van der Waals surface area contributed by atoms with Crippen LogP contribution in [-0.4, -0.2) is 4.98 Å². The van der Waals surface area contributed by atoms with Crippen molar-refractivity contribution in [2.45, 2.75) is 32.1 Å². The molecule has 1 heteroatoms. The van der Waals surface area contributed by atoms with Crippen molar-refractivity contribution >= 4 is 0 Å². The van der Waals surface area contributed by atoms with Crippen molar-refractivity contribution in [3.05, 3.63) is 101 Å². The van der Waals surface area contributed by atoms with Crippen LogP contribution in [0.4, 0.5) is 0 Å². The Labute approximate surface area is 139 Å². The minimum atomic E-state index is 0.172. The van der Waals surface area contributed by atoms with Crippen molar-refractivity contribution < 1.29 is 0 Å². The summed E-state index contributed by atoms with van der Waals surface area (Å²) in [5.74, 6) is 0.173. The molecule has 1 heterocycles. The molecule has 1 atom stereocenters. The molecule has 1 unspecified atom stereocenters. The van der Waals surface area contributed by atoms with Crippen LogP contribution in [0, 0.1) is 0 Å². The van der Waals surface area contributed by atoms with Gasteiger partial charge in [0.25, 0.3) is 0 Å². The van der Waals surface area contributed by atoms with E-state index in [2.05, 4.69) is 92.5 Å². The van der Waals surface area contributed by atoms with E-state index in [0.29, 0.717) is 0 Å². The Kier molecular flexibility index (Phi) is 4.29. The standard InChI is InChI=1S/C22H23N/c1-22(2,3)19-14-12-18(13-15-19)21(17-9-5-4-6-10-17)20-11-7-8-16-23-20/h4-16,21H,1-3H3. The number of aromatic nitrogens is 1. The molecule has 0 amide bonds. The van der Waals surface area contributed by atoms with Gasteiger partial charge in [0, 0.05) is 6.20 Å². The lowest BCUT2D eigenvalue weighted by molar-refractivity contribution is 0.590. The molecule has 1 aromatic heterocycles. The van der Waals surface area contributed by atoms with Gasteiger partial charge >= 0.3 is 0 Å². The third-order valence-corrected chi connectivity index (χ3v) is 4.23. The fourth-order valence-electron chi connectivity index (χ4n) is 2.90. The van der Waals surface area contributed by atoms with Gasteiger partial charge in [-0.25, -0.2) is 0 Å². The largest absolute Gasteiger partial charge is 0.260 e. The molecule has 0 fully saturated rings. The third-order valence-electron chi connectivity index (χ3n) is 4.23. The molecule has 0 aliphatic heterocycles. The molecule has 3 aromatic rings. The van der Waals surface area contributed by atoms with Gasteiger partial charge in [-0.1, -0.05) is 81.4 Å². The molecule has 0 saturated carbocycles. The zero-order valence-electron chi connectivity index (χ0n) is 14.0. The third kappa shape index (κ3) is 3.50. The Morgan fingerprint density at radius 3 is 1.87 bits per heavy atom. The van der Waals surface area contributed by atoms with Crippen LogP contribution >= 0.6 is 0 Å². The van der Waals surface area contributed by atoms with E-state index in [1.54, 1.807) is 0 Å². The van der Waals surface area contributed by atoms with Crippen LogP contribution in [0.15, 0.2) is 79.0 Å². The van der Waals surface area contributed by atoms with Crippen molar-refractivity contribution in [1.82, 2.24) is 4.98 Å². The SMILES string of the molecule is CC(C)(C)c1ccc(C(c2ccccc2)c2ccccn2)cc1. The van der Waals surface area contributed by atoms with Crippen LogP contribution in [0.3, 0.4) is 0 Å². The van der Waals surface area contributed by atoms with Gasteiger partial charge < -0.3 is 0 Å². The lowest BCUT2D eigenvalue weighted by Crippen LogP contribution is -2.11. The van der Waals surface area contributed by atoms with E-state index in [1.165, 1.54) is 16.7 Å². The molecule has 23 heavy (non-hydrogen) atoms. The molecular weight excluding hydrogens is 278 g/mol. The second-order valence-corrected chi connectivity index (χ2v) is 6.97. The highest BCUT2D eigenvalue weighted by molar-refractivity contribution is 5.41. The van der Waals surface area contributed by atoms with Crippen molar-refractivity contribution in [3.63, 3.8) is 0 Å². The fraction of sp³-hybridized carbons (Fsp3) is 0.227. The second-order valence-electron chi connectivity index (χ2n) is 6.97. The van der Waals surface area contributed by atoms with E-state index < -0.39 is 0 Å². The van der Waals surface area contributed by atoms with E-state index >= 15 is 0 Å². The van der Waals surface area contributed by atoms with E-state index in [0.717, 1.165) is 5.69 Å². The van der Waals surface area contributed by atoms with E-state index in [1.807, 2.05) is 12.3 Å². The highest BCUT2D eigenvalue weighted by Crippen LogP contribution is 2.32. The second kappa shape index (κ2) is 6.37. The number of nitrogens with zero attached hydrogens (tertiary/aromatic N) is 1. The zero-order chi connectivity index (χ0) is 16.3. The van der Waals surface area contributed by atoms with Crippen LogP contribution in [-0.2, 0) is 5.41 Å². The maximum absolute atomic E-state index is 4.60. The van der Waals surface area contributed by atoms with Gasteiger partial charge in [-0.3, -0.25) is 4.98 Å². The molecule has 2 aromatic carbocycles. The van der Waals surface area contributed by atoms with Crippen molar-refractivity contribution in [2.24, 2.45) is 0 Å². The fourth-order valence-corrected chi connectivity index (χ4v) is 2.90. The zero-order valence-corrected chi connectivity index (χ0v) is 14.0. The van der Waals surface area contributed by atoms with Gasteiger partial charge in [-0.2, -0.15) is 0 Å². The number of hydrogen-bond acceptors (Lipinski definition) is 1. The van der Waals surface area contributed by atoms with Crippen LogP contribution in [0.5, 0.6) is 0 Å². The molecule has 0 bridgehead atoms. The van der Waals surface area contributed by atoms with Gasteiger partial charge in [-0.05, 0) is 34.2 Å². The summed E-state index contributed by atoms with van der Waals surface area (Å²) in [5, 5.41) is 0. The molecular formula is C22H23N. The first-order chi connectivity index (χ1) is 11.1. The molecule has 1 nitrogen and oxygen atoms in total. The molecule has 0 radical (unpaired) electrons. The highest BCUT2D eigenvalue weighted by atomic mass is 14.7. The van der Waals surface area contributed by atoms with Crippen LogP contribution in [0.1, 0.15) is 49.1 Å². The Balaban J connectivity index is 2.06. The maximum Gasteiger partial charge on any atom is 0.0522 e. The first-order valence-electron chi connectivity index (χ1n) is 8.12. The molecule has 0 N–H and O–H groups in total. The molecule has 0 spiro atoms. The smallest absolute Gasteiger partial charge is 0.0522 e. The Morgan fingerprint density at radius 1 is 0.696 bits per heavy atom. The summed E-state index contributed by atoms with van der Waals surface area (Å²) in [5.41, 5.74) is 5.17. The lowest BCUT2D eigenvalue weighted by atomic mass is 9.83. The van der Waals surface area contributed by atoms with Crippen LogP contribution in [0.25, 0.3) is 0 Å². The van der Waals surface area contributed by atoms with Gasteiger partial charge in [-0.15, -0.1) is 0 Å². The monoisotopic (exact) mass is 301 g/mol. The van der Waals surface area contributed by atoms with Crippen LogP contribution in [0.2, 0.25) is 0 Å². The van der Waals surface area contributed by atoms with Crippen molar-refractivity contribution in [1.29, 1.82) is 0 Å². The summed E-state index contributed by atoms with van der Waals surface area (Å²) in [6.45, 7) is 6.74. The molecule has 0 aliphatic rings. The normalized spacial score (nSPS) is 12.8.